The highest BCUT2D eigenvalue weighted by Crippen LogP contribution is 2.13. The van der Waals surface area contributed by atoms with E-state index >= 15 is 0 Å². The van der Waals surface area contributed by atoms with E-state index in [1.165, 1.54) is 11.1 Å². The van der Waals surface area contributed by atoms with Gasteiger partial charge in [0.15, 0.2) is 0 Å². The zero-order valence-electron chi connectivity index (χ0n) is 15.3. The molecule has 5 nitrogen and oxygen atoms in total. The Morgan fingerprint density at radius 3 is 2.46 bits per heavy atom. The van der Waals surface area contributed by atoms with Gasteiger partial charge in [0.05, 0.1) is 0 Å². The number of carbonyl (C=O) groups is 1. The summed E-state index contributed by atoms with van der Waals surface area (Å²) in [7, 11) is 2.17. The summed E-state index contributed by atoms with van der Waals surface area (Å²) in [5, 5.41) is 3.03. The minimum atomic E-state index is -0.347. The fourth-order valence-corrected chi connectivity index (χ4v) is 3.01. The summed E-state index contributed by atoms with van der Waals surface area (Å²) in [6.45, 7) is 10.4. The summed E-state index contributed by atoms with van der Waals surface area (Å²) >= 11 is 0. The van der Waals surface area contributed by atoms with Gasteiger partial charge >= 0.3 is 0 Å². The predicted molar refractivity (Wildman–Crippen MR) is 96.8 cm³/mol. The Hall–Kier alpha value is -1.43. The summed E-state index contributed by atoms with van der Waals surface area (Å²) < 4.78 is 5.48. The van der Waals surface area contributed by atoms with Crippen LogP contribution in [-0.4, -0.2) is 61.6 Å². The lowest BCUT2D eigenvalue weighted by Gasteiger charge is -2.32. The molecule has 1 amide bonds. The van der Waals surface area contributed by atoms with Crippen molar-refractivity contribution in [1.82, 2.24) is 15.1 Å². The molecule has 0 radical (unpaired) electrons. The first kappa shape index (κ1) is 18.9. The second-order valence-corrected chi connectivity index (χ2v) is 6.42. The van der Waals surface area contributed by atoms with E-state index in [9.17, 15) is 4.79 Å². The molecule has 0 saturated carbocycles. The minimum absolute atomic E-state index is 0.0197. The highest BCUT2D eigenvalue weighted by molar-refractivity contribution is 5.80. The quantitative estimate of drug-likeness (QED) is 0.789. The lowest BCUT2D eigenvalue weighted by atomic mass is 10.1. The van der Waals surface area contributed by atoms with Crippen LogP contribution in [-0.2, 0) is 22.6 Å². The first-order valence-electron chi connectivity index (χ1n) is 9.01. The van der Waals surface area contributed by atoms with E-state index < -0.39 is 0 Å². The molecule has 1 aromatic rings. The summed E-state index contributed by atoms with van der Waals surface area (Å²) in [6, 6.07) is 8.38. The van der Waals surface area contributed by atoms with Gasteiger partial charge in [-0.15, -0.1) is 0 Å². The normalized spacial score (nSPS) is 17.6. The van der Waals surface area contributed by atoms with Crippen LogP contribution in [0.15, 0.2) is 24.3 Å². The van der Waals surface area contributed by atoms with Gasteiger partial charge < -0.3 is 15.0 Å². The first-order chi connectivity index (χ1) is 11.6. The van der Waals surface area contributed by atoms with Crippen LogP contribution >= 0.6 is 0 Å². The van der Waals surface area contributed by atoms with Crippen molar-refractivity contribution in [1.29, 1.82) is 0 Å². The average Bonchev–Trinajstić information content (AvgIpc) is 2.60. The highest BCUT2D eigenvalue weighted by Gasteiger charge is 2.18. The minimum Gasteiger partial charge on any atom is -0.369 e. The number of hydrogen-bond acceptors (Lipinski definition) is 4. The number of amides is 1. The molecule has 0 bridgehead atoms. The molecule has 1 atom stereocenters. The molecule has 1 saturated heterocycles. The van der Waals surface area contributed by atoms with Gasteiger partial charge in [-0.25, -0.2) is 0 Å². The Labute approximate surface area is 146 Å². The van der Waals surface area contributed by atoms with Crippen molar-refractivity contribution >= 4 is 5.91 Å². The van der Waals surface area contributed by atoms with Crippen LogP contribution < -0.4 is 5.32 Å². The Kier molecular flexibility index (Phi) is 7.69. The van der Waals surface area contributed by atoms with Crippen molar-refractivity contribution in [3.05, 3.63) is 35.4 Å². The molecule has 0 aromatic heterocycles. The van der Waals surface area contributed by atoms with Crippen molar-refractivity contribution in [3.8, 4) is 0 Å². The van der Waals surface area contributed by atoms with E-state index in [4.69, 9.17) is 4.74 Å². The smallest absolute Gasteiger partial charge is 0.249 e. The van der Waals surface area contributed by atoms with E-state index in [2.05, 4.69) is 40.4 Å². The van der Waals surface area contributed by atoms with Gasteiger partial charge in [0.2, 0.25) is 5.91 Å². The Balaban J connectivity index is 1.92. The van der Waals surface area contributed by atoms with Gasteiger partial charge in [0.25, 0.3) is 0 Å². The summed E-state index contributed by atoms with van der Waals surface area (Å²) in [4.78, 5) is 17.1. The number of nitrogens with one attached hydrogen (secondary N) is 1. The number of hydrogen-bond donors (Lipinski definition) is 1. The maximum atomic E-state index is 12.2. The SMILES string of the molecule is CCO[C@@H](CC)C(=O)NCc1ccccc1CN1CCN(C)CC1. The van der Waals surface area contributed by atoms with Gasteiger partial charge in [-0.3, -0.25) is 9.69 Å². The summed E-state index contributed by atoms with van der Waals surface area (Å²) in [5.41, 5.74) is 2.49. The Morgan fingerprint density at radius 1 is 1.17 bits per heavy atom. The van der Waals surface area contributed by atoms with E-state index in [1.807, 2.05) is 19.9 Å². The number of carbonyl (C=O) groups excluding carboxylic acids is 1. The number of nitrogens with zero attached hydrogens (tertiary/aromatic N) is 2. The molecule has 1 N–H and O–H groups in total. The molecule has 1 aliphatic rings. The van der Waals surface area contributed by atoms with Crippen molar-refractivity contribution in [2.75, 3.05) is 39.8 Å². The number of ether oxygens (including phenoxy) is 1. The lowest BCUT2D eigenvalue weighted by molar-refractivity contribution is -0.132. The van der Waals surface area contributed by atoms with Crippen molar-refractivity contribution in [2.24, 2.45) is 0 Å². The lowest BCUT2D eigenvalue weighted by Crippen LogP contribution is -2.44. The Bertz CT molecular complexity index is 513. The van der Waals surface area contributed by atoms with Crippen LogP contribution in [0.3, 0.4) is 0 Å². The fraction of sp³-hybridized carbons (Fsp3) is 0.632. The molecule has 0 unspecified atom stereocenters. The van der Waals surface area contributed by atoms with Crippen molar-refractivity contribution < 1.29 is 9.53 Å². The number of benzene rings is 1. The molecule has 24 heavy (non-hydrogen) atoms. The van der Waals surface area contributed by atoms with Gasteiger partial charge in [-0.2, -0.15) is 0 Å². The van der Waals surface area contributed by atoms with Crippen molar-refractivity contribution in [2.45, 2.75) is 39.5 Å². The third-order valence-corrected chi connectivity index (χ3v) is 4.59. The molecule has 134 valence electrons. The van der Waals surface area contributed by atoms with Crippen molar-refractivity contribution in [3.63, 3.8) is 0 Å². The van der Waals surface area contributed by atoms with E-state index in [0.717, 1.165) is 32.7 Å². The number of piperazine rings is 1. The van der Waals surface area contributed by atoms with Crippen LogP contribution in [0.5, 0.6) is 0 Å². The maximum Gasteiger partial charge on any atom is 0.249 e. The monoisotopic (exact) mass is 333 g/mol. The van der Waals surface area contributed by atoms with E-state index in [0.29, 0.717) is 19.6 Å². The molecule has 1 aromatic carbocycles. The summed E-state index contributed by atoms with van der Waals surface area (Å²) in [6.07, 6.45) is 0.350. The first-order valence-corrected chi connectivity index (χ1v) is 9.01. The van der Waals surface area contributed by atoms with Crippen LogP contribution in [0.1, 0.15) is 31.4 Å². The third kappa shape index (κ3) is 5.58. The van der Waals surface area contributed by atoms with Gasteiger partial charge in [-0.1, -0.05) is 31.2 Å². The number of likely N-dealkylation sites (N-methyl/N-ethyl adjacent to an activating group) is 1. The van der Waals surface area contributed by atoms with Gasteiger partial charge in [0, 0.05) is 45.9 Å². The van der Waals surface area contributed by atoms with Crippen LogP contribution in [0.4, 0.5) is 0 Å². The molecular formula is C19H31N3O2. The zero-order valence-corrected chi connectivity index (χ0v) is 15.3. The molecule has 0 spiro atoms. The largest absolute Gasteiger partial charge is 0.369 e. The molecule has 2 rings (SSSR count). The van der Waals surface area contributed by atoms with Crippen LogP contribution in [0, 0.1) is 0 Å². The van der Waals surface area contributed by atoms with Crippen LogP contribution in [0.2, 0.25) is 0 Å². The topological polar surface area (TPSA) is 44.8 Å². The molecule has 5 heteroatoms. The standard InChI is InChI=1S/C19H31N3O2/c1-4-18(24-5-2)19(23)20-14-16-8-6-7-9-17(16)15-22-12-10-21(3)11-13-22/h6-9,18H,4-5,10-15H2,1-3H3,(H,20,23)/t18-/m0/s1. The van der Waals surface area contributed by atoms with Gasteiger partial charge in [-0.05, 0) is 31.5 Å². The van der Waals surface area contributed by atoms with E-state index in [1.54, 1.807) is 0 Å². The second kappa shape index (κ2) is 9.77. The number of rotatable bonds is 8. The molecule has 0 aliphatic carbocycles. The predicted octanol–water partition coefficient (Wildman–Crippen LogP) is 1.87. The molecule has 1 heterocycles. The molecule has 1 aliphatic heterocycles. The second-order valence-electron chi connectivity index (χ2n) is 6.42. The zero-order chi connectivity index (χ0) is 17.4. The molecule has 1 fully saturated rings. The summed E-state index contributed by atoms with van der Waals surface area (Å²) in [5.74, 6) is -0.0197. The van der Waals surface area contributed by atoms with E-state index in [-0.39, 0.29) is 12.0 Å². The molecular weight excluding hydrogens is 302 g/mol. The fourth-order valence-electron chi connectivity index (χ4n) is 3.01. The highest BCUT2D eigenvalue weighted by atomic mass is 16.5. The third-order valence-electron chi connectivity index (χ3n) is 4.59. The van der Waals surface area contributed by atoms with Crippen LogP contribution in [0.25, 0.3) is 0 Å². The average molecular weight is 333 g/mol. The van der Waals surface area contributed by atoms with Gasteiger partial charge in [0.1, 0.15) is 6.10 Å². The Morgan fingerprint density at radius 2 is 1.83 bits per heavy atom. The maximum absolute atomic E-state index is 12.2.